The molecule has 19 heavy (non-hydrogen) atoms. The summed E-state index contributed by atoms with van der Waals surface area (Å²) in [4.78, 5) is 0. The molecule has 98 valence electrons. The summed E-state index contributed by atoms with van der Waals surface area (Å²) in [5.74, 6) is 0. The molecule has 1 aromatic carbocycles. The van der Waals surface area contributed by atoms with Crippen LogP contribution in [0.4, 0.5) is 5.69 Å². The van der Waals surface area contributed by atoms with Crippen LogP contribution < -0.4 is 5.32 Å². The van der Waals surface area contributed by atoms with E-state index in [1.807, 2.05) is 36.0 Å². The summed E-state index contributed by atoms with van der Waals surface area (Å²) >= 11 is 10.5. The number of benzene rings is 1. The molecule has 2 aromatic rings. The minimum atomic E-state index is 0.658. The Morgan fingerprint density at radius 1 is 1.21 bits per heavy atom. The van der Waals surface area contributed by atoms with Crippen molar-refractivity contribution in [2.24, 2.45) is 7.05 Å². The molecule has 6 heteroatoms. The molecule has 0 spiro atoms. The second-order valence-electron chi connectivity index (χ2n) is 4.05. The Labute approximate surface area is 137 Å². The fraction of sp³-hybridized carbons (Fsp3) is 0.154. The predicted octanol–water partition coefficient (Wildman–Crippen LogP) is 4.80. The minimum Gasteiger partial charge on any atom is -0.379 e. The van der Waals surface area contributed by atoms with Crippen molar-refractivity contribution in [3.8, 4) is 6.07 Å². The SMILES string of the molecule is Cn1cc(CNc2c(Br)cc(Br)cc2Br)cc1C#N. The number of halogens is 3. The van der Waals surface area contributed by atoms with E-state index in [2.05, 4.69) is 59.2 Å². The topological polar surface area (TPSA) is 40.8 Å². The van der Waals surface area contributed by atoms with Gasteiger partial charge < -0.3 is 9.88 Å². The van der Waals surface area contributed by atoms with E-state index in [9.17, 15) is 0 Å². The normalized spacial score (nSPS) is 10.3. The van der Waals surface area contributed by atoms with E-state index in [1.165, 1.54) is 0 Å². The molecular weight excluding hydrogens is 438 g/mol. The van der Waals surface area contributed by atoms with Gasteiger partial charge in [0.25, 0.3) is 0 Å². The average molecular weight is 448 g/mol. The van der Waals surface area contributed by atoms with Crippen molar-refractivity contribution in [1.29, 1.82) is 5.26 Å². The van der Waals surface area contributed by atoms with Crippen LogP contribution in [0.25, 0.3) is 0 Å². The van der Waals surface area contributed by atoms with E-state index < -0.39 is 0 Å². The molecular formula is C13H10Br3N3. The standard InChI is InChI=1S/C13H10Br3N3/c1-19-7-8(2-10(19)5-17)6-18-13-11(15)3-9(14)4-12(13)16/h2-4,7,18H,6H2,1H3. The first kappa shape index (κ1) is 14.6. The molecule has 0 aliphatic rings. The van der Waals surface area contributed by atoms with Crippen molar-refractivity contribution in [3.05, 3.63) is 49.1 Å². The molecule has 0 aliphatic carbocycles. The lowest BCUT2D eigenvalue weighted by Gasteiger charge is -2.10. The number of nitrogens with one attached hydrogen (secondary N) is 1. The van der Waals surface area contributed by atoms with Crippen molar-refractivity contribution in [3.63, 3.8) is 0 Å². The highest BCUT2D eigenvalue weighted by atomic mass is 79.9. The molecule has 1 aromatic heterocycles. The molecule has 0 amide bonds. The lowest BCUT2D eigenvalue weighted by Crippen LogP contribution is -2.00. The van der Waals surface area contributed by atoms with Crippen LogP contribution in [-0.4, -0.2) is 4.57 Å². The summed E-state index contributed by atoms with van der Waals surface area (Å²) in [6, 6.07) is 8.01. The molecule has 0 radical (unpaired) electrons. The van der Waals surface area contributed by atoms with Crippen LogP contribution in [-0.2, 0) is 13.6 Å². The maximum atomic E-state index is 8.92. The lowest BCUT2D eigenvalue weighted by atomic mass is 10.3. The molecule has 0 fully saturated rings. The summed E-state index contributed by atoms with van der Waals surface area (Å²) < 4.78 is 4.78. The second-order valence-corrected chi connectivity index (χ2v) is 6.68. The monoisotopic (exact) mass is 445 g/mol. The zero-order valence-corrected chi connectivity index (χ0v) is 14.8. The van der Waals surface area contributed by atoms with Gasteiger partial charge in [0.1, 0.15) is 11.8 Å². The zero-order chi connectivity index (χ0) is 14.0. The van der Waals surface area contributed by atoms with Crippen LogP contribution in [0.2, 0.25) is 0 Å². The molecule has 3 nitrogen and oxygen atoms in total. The van der Waals surface area contributed by atoms with Gasteiger partial charge >= 0.3 is 0 Å². The largest absolute Gasteiger partial charge is 0.379 e. The highest BCUT2D eigenvalue weighted by Gasteiger charge is 2.08. The third-order valence-corrected chi connectivity index (χ3v) is 4.36. The predicted molar refractivity (Wildman–Crippen MR) is 87.0 cm³/mol. The third kappa shape index (κ3) is 3.41. The highest BCUT2D eigenvalue weighted by molar-refractivity contribution is 9.11. The van der Waals surface area contributed by atoms with Gasteiger partial charge in [-0.25, -0.2) is 0 Å². The van der Waals surface area contributed by atoms with Crippen LogP contribution in [0.5, 0.6) is 0 Å². The number of aryl methyl sites for hydroxylation is 1. The van der Waals surface area contributed by atoms with E-state index in [0.717, 1.165) is 24.7 Å². The van der Waals surface area contributed by atoms with Gasteiger partial charge in [0.2, 0.25) is 0 Å². The summed E-state index contributed by atoms with van der Waals surface area (Å²) in [6.45, 7) is 0.661. The van der Waals surface area contributed by atoms with Crippen LogP contribution in [0.1, 0.15) is 11.3 Å². The van der Waals surface area contributed by atoms with E-state index in [4.69, 9.17) is 5.26 Å². The number of nitrogens with zero attached hydrogens (tertiary/aromatic N) is 2. The second kappa shape index (κ2) is 6.12. The summed E-state index contributed by atoms with van der Waals surface area (Å²) in [6.07, 6.45) is 1.95. The Kier molecular flexibility index (Phi) is 4.71. The van der Waals surface area contributed by atoms with Gasteiger partial charge in [-0.1, -0.05) is 15.9 Å². The molecule has 0 atom stereocenters. The molecule has 0 saturated carbocycles. The summed E-state index contributed by atoms with van der Waals surface area (Å²) in [7, 11) is 1.87. The molecule has 0 aliphatic heterocycles. The van der Waals surface area contributed by atoms with Crippen LogP contribution in [0, 0.1) is 11.3 Å². The van der Waals surface area contributed by atoms with Crippen molar-refractivity contribution >= 4 is 53.5 Å². The zero-order valence-electron chi connectivity index (χ0n) is 10.0. The van der Waals surface area contributed by atoms with Gasteiger partial charge in [0.15, 0.2) is 0 Å². The first-order valence-electron chi connectivity index (χ1n) is 5.45. The highest BCUT2D eigenvalue weighted by Crippen LogP contribution is 2.34. The van der Waals surface area contributed by atoms with Gasteiger partial charge in [-0.15, -0.1) is 0 Å². The Morgan fingerprint density at radius 2 is 1.84 bits per heavy atom. The van der Waals surface area contributed by atoms with Crippen LogP contribution in [0.3, 0.4) is 0 Å². The number of anilines is 1. The molecule has 1 N–H and O–H groups in total. The van der Waals surface area contributed by atoms with Gasteiger partial charge in [-0.3, -0.25) is 0 Å². The first-order valence-corrected chi connectivity index (χ1v) is 7.83. The Balaban J connectivity index is 2.17. The van der Waals surface area contributed by atoms with E-state index in [1.54, 1.807) is 0 Å². The van der Waals surface area contributed by atoms with E-state index in [0.29, 0.717) is 12.2 Å². The third-order valence-electron chi connectivity index (χ3n) is 2.65. The number of hydrogen-bond acceptors (Lipinski definition) is 2. The molecule has 0 unspecified atom stereocenters. The van der Waals surface area contributed by atoms with Gasteiger partial charge in [0, 0.05) is 33.2 Å². The van der Waals surface area contributed by atoms with Crippen molar-refractivity contribution in [2.75, 3.05) is 5.32 Å². The first-order chi connectivity index (χ1) is 9.01. The number of rotatable bonds is 3. The summed E-state index contributed by atoms with van der Waals surface area (Å²) in [5, 5.41) is 12.3. The summed E-state index contributed by atoms with van der Waals surface area (Å²) in [5.41, 5.74) is 2.72. The Morgan fingerprint density at radius 3 is 2.37 bits per heavy atom. The van der Waals surface area contributed by atoms with Gasteiger partial charge in [-0.2, -0.15) is 5.26 Å². The molecule has 2 rings (SSSR count). The molecule has 0 saturated heterocycles. The quantitative estimate of drug-likeness (QED) is 0.734. The molecule has 1 heterocycles. The van der Waals surface area contributed by atoms with Crippen molar-refractivity contribution < 1.29 is 0 Å². The van der Waals surface area contributed by atoms with Gasteiger partial charge in [0.05, 0.1) is 5.69 Å². The fourth-order valence-corrected chi connectivity index (χ4v) is 4.28. The van der Waals surface area contributed by atoms with E-state index >= 15 is 0 Å². The van der Waals surface area contributed by atoms with Crippen LogP contribution in [0.15, 0.2) is 37.8 Å². The van der Waals surface area contributed by atoms with E-state index in [-0.39, 0.29) is 0 Å². The molecule has 0 bridgehead atoms. The smallest absolute Gasteiger partial charge is 0.120 e. The minimum absolute atomic E-state index is 0.658. The Hall–Kier alpha value is -0.770. The maximum Gasteiger partial charge on any atom is 0.120 e. The number of nitriles is 1. The van der Waals surface area contributed by atoms with Crippen LogP contribution >= 0.6 is 47.8 Å². The number of hydrogen-bond donors (Lipinski definition) is 1. The van der Waals surface area contributed by atoms with Crippen molar-refractivity contribution in [1.82, 2.24) is 4.57 Å². The lowest BCUT2D eigenvalue weighted by molar-refractivity contribution is 0.902. The fourth-order valence-electron chi connectivity index (χ4n) is 1.74. The van der Waals surface area contributed by atoms with Crippen molar-refractivity contribution in [2.45, 2.75) is 6.54 Å². The average Bonchev–Trinajstić information content (AvgIpc) is 2.68. The Bertz CT molecular complexity index is 633. The maximum absolute atomic E-state index is 8.92. The number of aromatic nitrogens is 1. The van der Waals surface area contributed by atoms with Gasteiger partial charge in [-0.05, 0) is 55.6 Å².